The highest BCUT2D eigenvalue weighted by molar-refractivity contribution is 5.87. The number of amides is 2. The maximum Gasteiger partial charge on any atom is 0.245 e. The number of fused-ring (bicyclic) bond motifs is 1. The van der Waals surface area contributed by atoms with Crippen LogP contribution in [0.3, 0.4) is 0 Å². The van der Waals surface area contributed by atoms with Crippen molar-refractivity contribution in [3.63, 3.8) is 0 Å². The van der Waals surface area contributed by atoms with Gasteiger partial charge in [0.05, 0.1) is 17.8 Å². The summed E-state index contributed by atoms with van der Waals surface area (Å²) >= 11 is 0. The predicted octanol–water partition coefficient (Wildman–Crippen LogP) is 2.25. The molecule has 0 bridgehead atoms. The zero-order valence-corrected chi connectivity index (χ0v) is 22.1. The normalized spacial score (nSPS) is 25.8. The summed E-state index contributed by atoms with van der Waals surface area (Å²) < 4.78 is 1.68. The van der Waals surface area contributed by atoms with Gasteiger partial charge in [-0.1, -0.05) is 20.8 Å². The second kappa shape index (κ2) is 9.37. The molecule has 3 N–H and O–H groups in total. The van der Waals surface area contributed by atoms with Gasteiger partial charge in [-0.25, -0.2) is 9.97 Å². The minimum Gasteiger partial charge on any atom is -0.351 e. The van der Waals surface area contributed by atoms with Gasteiger partial charge in [-0.3, -0.25) is 9.59 Å². The number of hydrogen-bond donors (Lipinski definition) is 3. The van der Waals surface area contributed by atoms with Crippen LogP contribution in [0.15, 0.2) is 12.4 Å². The van der Waals surface area contributed by atoms with Crippen LogP contribution in [0.5, 0.6) is 0 Å². The number of hydrogen-bond acceptors (Lipinski definition) is 7. The summed E-state index contributed by atoms with van der Waals surface area (Å²) in [4.78, 5) is 36.2. The Morgan fingerprint density at radius 3 is 2.49 bits per heavy atom. The van der Waals surface area contributed by atoms with Gasteiger partial charge in [0.2, 0.25) is 17.8 Å². The Kier molecular flexibility index (Phi) is 6.78. The van der Waals surface area contributed by atoms with E-state index in [0.29, 0.717) is 30.6 Å². The van der Waals surface area contributed by atoms with E-state index in [2.05, 4.69) is 67.5 Å². The van der Waals surface area contributed by atoms with E-state index in [4.69, 9.17) is 5.10 Å². The molecule has 10 heteroatoms. The number of carbonyl (C=O) groups is 2. The first kappa shape index (κ1) is 25.3. The number of likely N-dealkylation sites (tertiary alicyclic amines) is 1. The lowest BCUT2D eigenvalue weighted by atomic mass is 9.84. The van der Waals surface area contributed by atoms with E-state index in [1.54, 1.807) is 11.4 Å². The predicted molar refractivity (Wildman–Crippen MR) is 135 cm³/mol. The second-order valence-corrected chi connectivity index (χ2v) is 12.0. The number of aromatic nitrogens is 4. The SMILES string of the molecule is CC(=O)N[C@@H]1C[C@H](NC(C)(C)C)CC[C@H]1N1CC[C@H](Nc2ncnc3cc(C(C)(C)C)nn23)C1=O. The largest absolute Gasteiger partial charge is 0.351 e. The third kappa shape index (κ3) is 5.74. The summed E-state index contributed by atoms with van der Waals surface area (Å²) in [5, 5.41) is 14.8. The van der Waals surface area contributed by atoms with Crippen LogP contribution >= 0.6 is 0 Å². The number of nitrogens with zero attached hydrogens (tertiary/aromatic N) is 5. The van der Waals surface area contributed by atoms with Crippen LogP contribution in [0.25, 0.3) is 5.65 Å². The van der Waals surface area contributed by atoms with Crippen molar-refractivity contribution in [3.05, 3.63) is 18.1 Å². The molecule has 2 amide bonds. The minimum absolute atomic E-state index is 0.00100. The Labute approximate surface area is 207 Å². The molecule has 35 heavy (non-hydrogen) atoms. The molecule has 2 aliphatic rings. The first-order chi connectivity index (χ1) is 16.3. The lowest BCUT2D eigenvalue weighted by Gasteiger charge is -2.43. The maximum atomic E-state index is 13.5. The van der Waals surface area contributed by atoms with Gasteiger partial charge in [0.25, 0.3) is 0 Å². The highest BCUT2D eigenvalue weighted by Crippen LogP contribution is 2.30. The molecular formula is C25H40N8O2. The van der Waals surface area contributed by atoms with Crippen LogP contribution in [-0.4, -0.2) is 72.5 Å². The Morgan fingerprint density at radius 2 is 1.83 bits per heavy atom. The molecule has 2 fully saturated rings. The number of rotatable bonds is 5. The van der Waals surface area contributed by atoms with Crippen LogP contribution in [0.1, 0.15) is 79.8 Å². The quantitative estimate of drug-likeness (QED) is 0.596. The Balaban J connectivity index is 1.49. The first-order valence-corrected chi connectivity index (χ1v) is 12.6. The van der Waals surface area contributed by atoms with Gasteiger partial charge < -0.3 is 20.9 Å². The molecule has 192 valence electrons. The van der Waals surface area contributed by atoms with E-state index >= 15 is 0 Å². The van der Waals surface area contributed by atoms with Crippen LogP contribution in [-0.2, 0) is 15.0 Å². The summed E-state index contributed by atoms with van der Waals surface area (Å²) in [6.45, 7) is 15.0. The van der Waals surface area contributed by atoms with Gasteiger partial charge in [0.15, 0.2) is 5.65 Å². The molecule has 0 aromatic carbocycles. The molecule has 1 saturated heterocycles. The molecular weight excluding hydrogens is 444 g/mol. The van der Waals surface area contributed by atoms with Crippen LogP contribution < -0.4 is 16.0 Å². The number of nitrogens with one attached hydrogen (secondary N) is 3. The Bertz CT molecular complexity index is 1080. The van der Waals surface area contributed by atoms with Crippen molar-refractivity contribution in [1.82, 2.24) is 35.1 Å². The molecule has 10 nitrogen and oxygen atoms in total. The molecule has 1 aliphatic heterocycles. The molecule has 4 atom stereocenters. The van der Waals surface area contributed by atoms with Gasteiger partial charge in [-0.15, -0.1) is 0 Å². The third-order valence-electron chi connectivity index (χ3n) is 6.81. The molecule has 2 aromatic heterocycles. The van der Waals surface area contributed by atoms with Gasteiger partial charge in [-0.2, -0.15) is 9.61 Å². The highest BCUT2D eigenvalue weighted by Gasteiger charge is 2.42. The van der Waals surface area contributed by atoms with Gasteiger partial charge in [0.1, 0.15) is 12.4 Å². The summed E-state index contributed by atoms with van der Waals surface area (Å²) in [6, 6.07) is 1.78. The number of carbonyl (C=O) groups excluding carboxylic acids is 2. The average Bonchev–Trinajstić information content (AvgIpc) is 3.32. The second-order valence-electron chi connectivity index (χ2n) is 12.0. The topological polar surface area (TPSA) is 117 Å². The van der Waals surface area contributed by atoms with E-state index < -0.39 is 6.04 Å². The van der Waals surface area contributed by atoms with Gasteiger partial charge >= 0.3 is 0 Å². The van der Waals surface area contributed by atoms with Crippen LogP contribution in [0.4, 0.5) is 5.95 Å². The van der Waals surface area contributed by atoms with Crippen molar-refractivity contribution in [2.75, 3.05) is 11.9 Å². The van der Waals surface area contributed by atoms with Crippen molar-refractivity contribution in [2.45, 2.75) is 109 Å². The van der Waals surface area contributed by atoms with Crippen molar-refractivity contribution in [2.24, 2.45) is 0 Å². The van der Waals surface area contributed by atoms with E-state index in [1.165, 1.54) is 6.33 Å². The van der Waals surface area contributed by atoms with E-state index in [0.717, 1.165) is 25.0 Å². The molecule has 1 aliphatic carbocycles. The van der Waals surface area contributed by atoms with E-state index in [9.17, 15) is 9.59 Å². The molecule has 0 unspecified atom stereocenters. The zero-order valence-electron chi connectivity index (χ0n) is 22.1. The van der Waals surface area contributed by atoms with Crippen molar-refractivity contribution in [3.8, 4) is 0 Å². The lowest BCUT2D eigenvalue weighted by molar-refractivity contribution is -0.132. The van der Waals surface area contributed by atoms with Crippen molar-refractivity contribution < 1.29 is 9.59 Å². The fourth-order valence-corrected chi connectivity index (χ4v) is 5.29. The summed E-state index contributed by atoms with van der Waals surface area (Å²) in [6.07, 6.45) is 4.79. The minimum atomic E-state index is -0.390. The first-order valence-electron chi connectivity index (χ1n) is 12.6. The Hall–Kier alpha value is -2.75. The van der Waals surface area contributed by atoms with E-state index in [1.807, 2.05) is 11.0 Å². The summed E-state index contributed by atoms with van der Waals surface area (Å²) in [7, 11) is 0. The molecule has 1 saturated carbocycles. The molecule has 0 radical (unpaired) electrons. The molecule has 0 spiro atoms. The van der Waals surface area contributed by atoms with Crippen LogP contribution in [0.2, 0.25) is 0 Å². The maximum absolute atomic E-state index is 13.5. The fraction of sp³-hybridized carbons (Fsp3) is 0.720. The van der Waals surface area contributed by atoms with Crippen molar-refractivity contribution in [1.29, 1.82) is 0 Å². The highest BCUT2D eigenvalue weighted by atomic mass is 16.2. The lowest BCUT2D eigenvalue weighted by Crippen LogP contribution is -2.59. The summed E-state index contributed by atoms with van der Waals surface area (Å²) in [5.41, 5.74) is 1.49. The third-order valence-corrected chi connectivity index (χ3v) is 6.81. The fourth-order valence-electron chi connectivity index (χ4n) is 5.29. The Morgan fingerprint density at radius 1 is 1.09 bits per heavy atom. The van der Waals surface area contributed by atoms with Gasteiger partial charge in [-0.05, 0) is 46.5 Å². The summed E-state index contributed by atoms with van der Waals surface area (Å²) in [5.74, 6) is 0.499. The average molecular weight is 485 g/mol. The smallest absolute Gasteiger partial charge is 0.245 e. The molecule has 3 heterocycles. The standard InChI is InChI=1S/C25H40N8O2/c1-15(34)28-18-12-16(30-25(5,6)7)8-9-19(18)32-11-10-17(22(32)35)29-23-27-14-26-21-13-20(24(2,3)4)31-33(21)23/h13-14,16-19,30H,8-12H2,1-7H3,(H,28,34)(H,26,27,29)/t16-,17+,18-,19-/m1/s1. The molecule has 4 rings (SSSR count). The van der Waals surface area contributed by atoms with Crippen molar-refractivity contribution >= 4 is 23.4 Å². The zero-order chi connectivity index (χ0) is 25.5. The monoisotopic (exact) mass is 484 g/mol. The van der Waals surface area contributed by atoms with Crippen LogP contribution in [0, 0.1) is 0 Å². The molecule has 2 aromatic rings. The van der Waals surface area contributed by atoms with Gasteiger partial charge in [0, 0.05) is 36.5 Å². The number of anilines is 1. The van der Waals surface area contributed by atoms with E-state index in [-0.39, 0.29) is 34.9 Å².